The highest BCUT2D eigenvalue weighted by Crippen LogP contribution is 2.26. The van der Waals surface area contributed by atoms with E-state index in [0.717, 1.165) is 23.5 Å². The van der Waals surface area contributed by atoms with Crippen molar-refractivity contribution < 1.29 is 9.59 Å². The molecule has 31 heavy (non-hydrogen) atoms. The van der Waals surface area contributed by atoms with Crippen molar-refractivity contribution in [2.75, 3.05) is 43.9 Å². The molecule has 0 fully saturated rings. The van der Waals surface area contributed by atoms with Gasteiger partial charge in [-0.1, -0.05) is 26.0 Å². The van der Waals surface area contributed by atoms with Crippen LogP contribution in [0.1, 0.15) is 48.4 Å². The van der Waals surface area contributed by atoms with Crippen LogP contribution in [0, 0.1) is 0 Å². The lowest BCUT2D eigenvalue weighted by molar-refractivity contribution is -0.120. The van der Waals surface area contributed by atoms with E-state index in [-0.39, 0.29) is 24.1 Å². The minimum atomic E-state index is -0.632. The van der Waals surface area contributed by atoms with Gasteiger partial charge in [0.15, 0.2) is 17.3 Å². The lowest BCUT2D eigenvalue weighted by atomic mass is 10.0. The number of anilines is 3. The number of hydrogen-bond acceptors (Lipinski definition) is 7. The SMILES string of the molecule is CCc1nc(C(N)=O)c(Nc2cccc([C@@H](C)CNC(=O)CNC)c2)nc1N(C)CC. The predicted octanol–water partition coefficient (Wildman–Crippen LogP) is 1.78. The van der Waals surface area contributed by atoms with Crippen LogP contribution >= 0.6 is 0 Å². The Kier molecular flexibility index (Phi) is 8.75. The molecule has 0 aliphatic rings. The first kappa shape index (κ1) is 24.1. The molecule has 0 spiro atoms. The van der Waals surface area contributed by atoms with Crippen LogP contribution in [0.4, 0.5) is 17.3 Å². The minimum absolute atomic E-state index is 0.0476. The number of hydrogen-bond donors (Lipinski definition) is 4. The van der Waals surface area contributed by atoms with Crippen LogP contribution in [0.2, 0.25) is 0 Å². The van der Waals surface area contributed by atoms with Gasteiger partial charge in [-0.05, 0) is 44.0 Å². The van der Waals surface area contributed by atoms with Gasteiger partial charge in [-0.2, -0.15) is 0 Å². The quantitative estimate of drug-likeness (QED) is 0.431. The number of rotatable bonds is 11. The Balaban J connectivity index is 2.30. The highest BCUT2D eigenvalue weighted by molar-refractivity contribution is 5.96. The number of nitrogens with two attached hydrogens (primary N) is 1. The lowest BCUT2D eigenvalue weighted by Crippen LogP contribution is -2.34. The van der Waals surface area contributed by atoms with Gasteiger partial charge in [-0.25, -0.2) is 9.97 Å². The molecule has 2 amide bonds. The van der Waals surface area contributed by atoms with Gasteiger partial charge in [0, 0.05) is 25.8 Å². The maximum absolute atomic E-state index is 12.0. The van der Waals surface area contributed by atoms with Gasteiger partial charge in [0.05, 0.1) is 12.2 Å². The smallest absolute Gasteiger partial charge is 0.271 e. The average molecular weight is 428 g/mol. The number of carbonyl (C=O) groups is 2. The van der Waals surface area contributed by atoms with Crippen molar-refractivity contribution in [3.05, 3.63) is 41.2 Å². The number of benzene rings is 1. The molecule has 0 saturated carbocycles. The third kappa shape index (κ3) is 6.39. The van der Waals surface area contributed by atoms with Crippen molar-refractivity contribution >= 4 is 29.1 Å². The summed E-state index contributed by atoms with van der Waals surface area (Å²) in [5, 5.41) is 8.94. The Hall–Kier alpha value is -3.20. The van der Waals surface area contributed by atoms with E-state index < -0.39 is 5.91 Å². The van der Waals surface area contributed by atoms with E-state index in [1.165, 1.54) is 0 Å². The van der Waals surface area contributed by atoms with E-state index in [9.17, 15) is 9.59 Å². The summed E-state index contributed by atoms with van der Waals surface area (Å²) in [5.74, 6) is 0.468. The fourth-order valence-electron chi connectivity index (χ4n) is 3.08. The van der Waals surface area contributed by atoms with Gasteiger partial charge in [-0.3, -0.25) is 9.59 Å². The van der Waals surface area contributed by atoms with Crippen molar-refractivity contribution in [3.8, 4) is 0 Å². The molecule has 1 aromatic carbocycles. The molecule has 168 valence electrons. The van der Waals surface area contributed by atoms with E-state index in [0.29, 0.717) is 24.6 Å². The normalized spacial score (nSPS) is 11.6. The summed E-state index contributed by atoms with van der Waals surface area (Å²) < 4.78 is 0. The largest absolute Gasteiger partial charge is 0.364 e. The van der Waals surface area contributed by atoms with Crippen molar-refractivity contribution in [2.24, 2.45) is 5.73 Å². The summed E-state index contributed by atoms with van der Waals surface area (Å²) in [7, 11) is 3.67. The van der Waals surface area contributed by atoms with Gasteiger partial charge in [-0.15, -0.1) is 0 Å². The Bertz CT molecular complexity index is 917. The molecule has 1 atom stereocenters. The van der Waals surface area contributed by atoms with Crippen molar-refractivity contribution in [1.29, 1.82) is 0 Å². The molecule has 0 saturated heterocycles. The van der Waals surface area contributed by atoms with Crippen molar-refractivity contribution in [2.45, 2.75) is 33.1 Å². The number of aryl methyl sites for hydroxylation is 1. The zero-order valence-corrected chi connectivity index (χ0v) is 19.0. The third-order valence-corrected chi connectivity index (χ3v) is 5.01. The Labute approximate surface area is 183 Å². The highest BCUT2D eigenvalue weighted by atomic mass is 16.2. The fourth-order valence-corrected chi connectivity index (χ4v) is 3.08. The highest BCUT2D eigenvalue weighted by Gasteiger charge is 2.19. The molecule has 9 heteroatoms. The Morgan fingerprint density at radius 2 is 1.97 bits per heavy atom. The first-order valence-corrected chi connectivity index (χ1v) is 10.5. The second-order valence-corrected chi connectivity index (χ2v) is 7.41. The van der Waals surface area contributed by atoms with Gasteiger partial charge in [0.1, 0.15) is 0 Å². The molecule has 2 aromatic rings. The van der Waals surface area contributed by atoms with Crippen LogP contribution in [-0.4, -0.2) is 55.5 Å². The number of nitrogens with zero attached hydrogens (tertiary/aromatic N) is 3. The monoisotopic (exact) mass is 427 g/mol. The van der Waals surface area contributed by atoms with Crippen LogP contribution in [0.3, 0.4) is 0 Å². The molecule has 5 N–H and O–H groups in total. The zero-order chi connectivity index (χ0) is 23.0. The first-order valence-electron chi connectivity index (χ1n) is 10.5. The van der Waals surface area contributed by atoms with Crippen LogP contribution in [0.15, 0.2) is 24.3 Å². The number of amides is 2. The van der Waals surface area contributed by atoms with Gasteiger partial charge < -0.3 is 26.6 Å². The molecule has 0 aliphatic heterocycles. The number of likely N-dealkylation sites (N-methyl/N-ethyl adjacent to an activating group) is 1. The lowest BCUT2D eigenvalue weighted by Gasteiger charge is -2.21. The van der Waals surface area contributed by atoms with Gasteiger partial charge in [0.2, 0.25) is 5.91 Å². The summed E-state index contributed by atoms with van der Waals surface area (Å²) in [5.41, 5.74) is 8.22. The maximum atomic E-state index is 12.0. The summed E-state index contributed by atoms with van der Waals surface area (Å²) in [4.78, 5) is 34.9. The van der Waals surface area contributed by atoms with Crippen molar-refractivity contribution in [1.82, 2.24) is 20.6 Å². The maximum Gasteiger partial charge on any atom is 0.271 e. The van der Waals surface area contributed by atoms with Crippen LogP contribution < -0.4 is 26.6 Å². The zero-order valence-electron chi connectivity index (χ0n) is 19.0. The summed E-state index contributed by atoms with van der Waals surface area (Å²) >= 11 is 0. The van der Waals surface area contributed by atoms with Gasteiger partial charge >= 0.3 is 0 Å². The number of aromatic nitrogens is 2. The molecule has 0 radical (unpaired) electrons. The standard InChI is InChI=1S/C22H33N7O2/c1-6-17-22(29(5)7-2)28-21(19(27-17)20(23)31)26-16-10-8-9-15(11-16)14(3)12-25-18(30)13-24-4/h8-11,14,24H,6-7,12-13H2,1-5H3,(H2,23,31)(H,25,30)(H,26,28)/t14-/m0/s1. The number of carbonyl (C=O) groups excluding carboxylic acids is 2. The Morgan fingerprint density at radius 3 is 2.58 bits per heavy atom. The molecule has 0 unspecified atom stereocenters. The number of primary amides is 1. The topological polar surface area (TPSA) is 125 Å². The molecule has 0 bridgehead atoms. The van der Waals surface area contributed by atoms with E-state index in [1.807, 2.05) is 57.0 Å². The van der Waals surface area contributed by atoms with Crippen LogP contribution in [-0.2, 0) is 11.2 Å². The van der Waals surface area contributed by atoms with E-state index in [2.05, 4.69) is 25.9 Å². The molecule has 1 heterocycles. The van der Waals surface area contributed by atoms with Crippen molar-refractivity contribution in [3.63, 3.8) is 0 Å². The van der Waals surface area contributed by atoms with E-state index in [4.69, 9.17) is 5.73 Å². The fraction of sp³-hybridized carbons (Fsp3) is 0.455. The van der Waals surface area contributed by atoms with E-state index in [1.54, 1.807) is 7.05 Å². The second-order valence-electron chi connectivity index (χ2n) is 7.41. The minimum Gasteiger partial charge on any atom is -0.364 e. The van der Waals surface area contributed by atoms with Gasteiger partial charge in [0.25, 0.3) is 5.91 Å². The molecular formula is C22H33N7O2. The molecule has 1 aromatic heterocycles. The summed E-state index contributed by atoms with van der Waals surface area (Å²) in [6.45, 7) is 7.59. The molecule has 0 aliphatic carbocycles. The molecule has 2 rings (SSSR count). The number of nitrogens with one attached hydrogen (secondary N) is 3. The summed E-state index contributed by atoms with van der Waals surface area (Å²) in [6.07, 6.45) is 0.638. The van der Waals surface area contributed by atoms with Crippen LogP contribution in [0.5, 0.6) is 0 Å². The van der Waals surface area contributed by atoms with Crippen LogP contribution in [0.25, 0.3) is 0 Å². The summed E-state index contributed by atoms with van der Waals surface area (Å²) in [6, 6.07) is 7.77. The first-order chi connectivity index (χ1) is 14.8. The van der Waals surface area contributed by atoms with E-state index >= 15 is 0 Å². The molecular weight excluding hydrogens is 394 g/mol. The predicted molar refractivity (Wildman–Crippen MR) is 124 cm³/mol. The average Bonchev–Trinajstić information content (AvgIpc) is 2.76. The Morgan fingerprint density at radius 1 is 1.23 bits per heavy atom. The molecule has 9 nitrogen and oxygen atoms in total. The third-order valence-electron chi connectivity index (χ3n) is 5.01. The second kappa shape index (κ2) is 11.3.